The van der Waals surface area contributed by atoms with E-state index >= 15 is 0 Å². The minimum Gasteiger partial charge on any atom is -0.497 e. The molecule has 0 spiro atoms. The summed E-state index contributed by atoms with van der Waals surface area (Å²) in [5.41, 5.74) is 1.66. The highest BCUT2D eigenvalue weighted by Crippen LogP contribution is 2.24. The van der Waals surface area contributed by atoms with Gasteiger partial charge in [0.1, 0.15) is 5.75 Å². The molecule has 1 fully saturated rings. The zero-order chi connectivity index (χ0) is 17.6. The van der Waals surface area contributed by atoms with Gasteiger partial charge >= 0.3 is 6.09 Å². The standard InChI is InChI=1S/C19H25N3O3/c1-14-18(25-19(23)20-12-15-6-4-3-5-7-15)13-21-22(14)16-8-10-17(24-2)11-9-16/h8-11,13,15H,3-7,12H2,1-2H3,(H,20,23). The van der Waals surface area contributed by atoms with E-state index in [1.54, 1.807) is 18.0 Å². The molecule has 134 valence electrons. The molecular weight excluding hydrogens is 318 g/mol. The van der Waals surface area contributed by atoms with Gasteiger partial charge in [0.15, 0.2) is 5.75 Å². The lowest BCUT2D eigenvalue weighted by atomic mass is 9.89. The number of hydrogen-bond donors (Lipinski definition) is 1. The molecule has 1 aliphatic rings. The fourth-order valence-electron chi connectivity index (χ4n) is 3.23. The van der Waals surface area contributed by atoms with Gasteiger partial charge in [-0.2, -0.15) is 5.10 Å². The summed E-state index contributed by atoms with van der Waals surface area (Å²) in [7, 11) is 1.63. The lowest BCUT2D eigenvalue weighted by molar-refractivity contribution is 0.196. The van der Waals surface area contributed by atoms with Gasteiger partial charge in [-0.25, -0.2) is 9.48 Å². The van der Waals surface area contributed by atoms with Crippen LogP contribution in [0.2, 0.25) is 0 Å². The maximum Gasteiger partial charge on any atom is 0.412 e. The number of amides is 1. The van der Waals surface area contributed by atoms with Crippen molar-refractivity contribution in [2.24, 2.45) is 5.92 Å². The molecule has 1 aromatic heterocycles. The van der Waals surface area contributed by atoms with Gasteiger partial charge in [-0.1, -0.05) is 19.3 Å². The predicted octanol–water partition coefficient (Wildman–Crippen LogP) is 3.86. The van der Waals surface area contributed by atoms with Crippen LogP contribution in [0.4, 0.5) is 4.79 Å². The molecular formula is C19H25N3O3. The molecule has 0 bridgehead atoms. The van der Waals surface area contributed by atoms with E-state index in [2.05, 4.69) is 10.4 Å². The quantitative estimate of drug-likeness (QED) is 0.895. The van der Waals surface area contributed by atoms with E-state index in [9.17, 15) is 4.79 Å². The van der Waals surface area contributed by atoms with Gasteiger partial charge in [0.2, 0.25) is 0 Å². The molecule has 1 amide bonds. The number of aromatic nitrogens is 2. The zero-order valence-corrected chi connectivity index (χ0v) is 14.8. The number of carbonyl (C=O) groups excluding carboxylic acids is 1. The lowest BCUT2D eigenvalue weighted by Crippen LogP contribution is -2.32. The Hall–Kier alpha value is -2.50. The SMILES string of the molecule is COc1ccc(-n2ncc(OC(=O)NCC3CCCCC3)c2C)cc1. The first kappa shape index (κ1) is 17.3. The van der Waals surface area contributed by atoms with Crippen LogP contribution in [0.3, 0.4) is 0 Å². The fraction of sp³-hybridized carbons (Fsp3) is 0.474. The molecule has 0 atom stereocenters. The molecule has 1 aliphatic carbocycles. The number of nitrogens with zero attached hydrogens (tertiary/aromatic N) is 2. The van der Waals surface area contributed by atoms with E-state index in [0.717, 1.165) is 17.1 Å². The average Bonchev–Trinajstić information content (AvgIpc) is 3.01. The second-order valence-corrected chi connectivity index (χ2v) is 6.48. The summed E-state index contributed by atoms with van der Waals surface area (Å²) in [6.45, 7) is 2.56. The molecule has 6 nitrogen and oxygen atoms in total. The topological polar surface area (TPSA) is 65.4 Å². The van der Waals surface area contributed by atoms with Crippen LogP contribution >= 0.6 is 0 Å². The summed E-state index contributed by atoms with van der Waals surface area (Å²) in [5, 5.41) is 7.19. The van der Waals surface area contributed by atoms with Gasteiger partial charge < -0.3 is 14.8 Å². The summed E-state index contributed by atoms with van der Waals surface area (Å²) < 4.78 is 12.3. The molecule has 0 unspecified atom stereocenters. The maximum atomic E-state index is 12.0. The van der Waals surface area contributed by atoms with Gasteiger partial charge in [0.05, 0.1) is 24.7 Å². The van der Waals surface area contributed by atoms with E-state index < -0.39 is 6.09 Å². The second-order valence-electron chi connectivity index (χ2n) is 6.48. The summed E-state index contributed by atoms with van der Waals surface area (Å²) >= 11 is 0. The molecule has 1 saturated carbocycles. The molecule has 1 aromatic carbocycles. The number of carbonyl (C=O) groups is 1. The molecule has 0 aliphatic heterocycles. The van der Waals surface area contributed by atoms with Crippen molar-refractivity contribution in [3.05, 3.63) is 36.2 Å². The summed E-state index contributed by atoms with van der Waals surface area (Å²) in [4.78, 5) is 12.0. The van der Waals surface area contributed by atoms with Crippen molar-refractivity contribution in [2.75, 3.05) is 13.7 Å². The predicted molar refractivity (Wildman–Crippen MR) is 95.5 cm³/mol. The highest BCUT2D eigenvalue weighted by molar-refractivity contribution is 5.70. The number of hydrogen-bond acceptors (Lipinski definition) is 4. The van der Waals surface area contributed by atoms with Crippen LogP contribution in [-0.2, 0) is 0 Å². The molecule has 0 radical (unpaired) electrons. The van der Waals surface area contributed by atoms with Gasteiger partial charge in [-0.15, -0.1) is 0 Å². The summed E-state index contributed by atoms with van der Waals surface area (Å²) in [5.74, 6) is 1.83. The fourth-order valence-corrected chi connectivity index (χ4v) is 3.23. The van der Waals surface area contributed by atoms with Crippen molar-refractivity contribution in [1.82, 2.24) is 15.1 Å². The van der Waals surface area contributed by atoms with Crippen LogP contribution in [0.1, 0.15) is 37.8 Å². The number of methoxy groups -OCH3 is 1. The molecule has 6 heteroatoms. The third-order valence-electron chi connectivity index (χ3n) is 4.74. The van der Waals surface area contributed by atoms with Crippen LogP contribution < -0.4 is 14.8 Å². The number of rotatable bonds is 5. The third-order valence-corrected chi connectivity index (χ3v) is 4.74. The molecule has 3 rings (SSSR count). The van der Waals surface area contributed by atoms with Gasteiger partial charge in [0, 0.05) is 6.54 Å². The number of benzene rings is 1. The zero-order valence-electron chi connectivity index (χ0n) is 14.8. The smallest absolute Gasteiger partial charge is 0.412 e. The Morgan fingerprint density at radius 2 is 1.96 bits per heavy atom. The van der Waals surface area contributed by atoms with Crippen LogP contribution in [0.15, 0.2) is 30.5 Å². The van der Waals surface area contributed by atoms with E-state index in [4.69, 9.17) is 9.47 Å². The maximum absolute atomic E-state index is 12.0. The first-order chi connectivity index (χ1) is 12.2. The van der Waals surface area contributed by atoms with E-state index in [1.807, 2.05) is 31.2 Å². The molecule has 2 aromatic rings. The first-order valence-corrected chi connectivity index (χ1v) is 8.82. The molecule has 25 heavy (non-hydrogen) atoms. The Morgan fingerprint density at radius 1 is 1.24 bits per heavy atom. The Balaban J connectivity index is 1.59. The molecule has 1 N–H and O–H groups in total. The molecule has 0 saturated heterocycles. The Morgan fingerprint density at radius 3 is 2.64 bits per heavy atom. The van der Waals surface area contributed by atoms with Crippen LogP contribution in [0.25, 0.3) is 5.69 Å². The van der Waals surface area contributed by atoms with Crippen molar-refractivity contribution >= 4 is 6.09 Å². The second kappa shape index (κ2) is 8.05. The highest BCUT2D eigenvalue weighted by atomic mass is 16.6. The van der Waals surface area contributed by atoms with Gasteiger partial charge in [0.25, 0.3) is 0 Å². The number of ether oxygens (including phenoxy) is 2. The van der Waals surface area contributed by atoms with Gasteiger partial charge in [-0.3, -0.25) is 0 Å². The summed E-state index contributed by atoms with van der Waals surface area (Å²) in [6.07, 6.45) is 7.36. The van der Waals surface area contributed by atoms with Crippen molar-refractivity contribution < 1.29 is 14.3 Å². The van der Waals surface area contributed by atoms with Crippen molar-refractivity contribution in [2.45, 2.75) is 39.0 Å². The average molecular weight is 343 g/mol. The third kappa shape index (κ3) is 4.32. The van der Waals surface area contributed by atoms with Crippen molar-refractivity contribution in [1.29, 1.82) is 0 Å². The van der Waals surface area contributed by atoms with E-state index in [0.29, 0.717) is 18.2 Å². The minimum absolute atomic E-state index is 0.414. The van der Waals surface area contributed by atoms with Gasteiger partial charge in [-0.05, 0) is 49.9 Å². The van der Waals surface area contributed by atoms with Crippen LogP contribution in [-0.4, -0.2) is 29.5 Å². The minimum atomic E-state index is -0.414. The lowest BCUT2D eigenvalue weighted by Gasteiger charge is -2.21. The van der Waals surface area contributed by atoms with Crippen LogP contribution in [0.5, 0.6) is 11.5 Å². The van der Waals surface area contributed by atoms with E-state index in [1.165, 1.54) is 32.1 Å². The molecule has 1 heterocycles. The Kier molecular flexibility index (Phi) is 5.58. The Bertz CT molecular complexity index is 703. The van der Waals surface area contributed by atoms with Crippen molar-refractivity contribution in [3.8, 4) is 17.2 Å². The normalized spacial score (nSPS) is 15.0. The largest absolute Gasteiger partial charge is 0.497 e. The van der Waals surface area contributed by atoms with Crippen molar-refractivity contribution in [3.63, 3.8) is 0 Å². The van der Waals surface area contributed by atoms with Crippen LogP contribution in [0, 0.1) is 12.8 Å². The first-order valence-electron chi connectivity index (χ1n) is 8.82. The van der Waals surface area contributed by atoms with E-state index in [-0.39, 0.29) is 0 Å². The monoisotopic (exact) mass is 343 g/mol. The summed E-state index contributed by atoms with van der Waals surface area (Å²) in [6, 6.07) is 7.55. The number of nitrogens with one attached hydrogen (secondary N) is 1. The highest BCUT2D eigenvalue weighted by Gasteiger charge is 2.17. The Labute approximate surface area is 148 Å².